The van der Waals surface area contributed by atoms with Crippen LogP contribution in [0.15, 0.2) is 24.3 Å². The van der Waals surface area contributed by atoms with Crippen molar-refractivity contribution in [3.63, 3.8) is 0 Å². The van der Waals surface area contributed by atoms with E-state index in [-0.39, 0.29) is 25.1 Å². The fourth-order valence-corrected chi connectivity index (χ4v) is 2.28. The largest absolute Gasteiger partial charge is 0.481 e. The van der Waals surface area contributed by atoms with Crippen LogP contribution in [0.1, 0.15) is 40.6 Å². The summed E-state index contributed by atoms with van der Waals surface area (Å²) in [6, 6.07) is 7.03. The lowest BCUT2D eigenvalue weighted by Crippen LogP contribution is -2.19. The van der Waals surface area contributed by atoms with Crippen LogP contribution >= 0.6 is 0 Å². The summed E-state index contributed by atoms with van der Waals surface area (Å²) in [6.45, 7) is 3.79. The third-order valence-electron chi connectivity index (χ3n) is 3.24. The van der Waals surface area contributed by atoms with Crippen molar-refractivity contribution >= 4 is 28.7 Å². The van der Waals surface area contributed by atoms with Crippen LogP contribution in [0.2, 0.25) is 0 Å². The van der Waals surface area contributed by atoms with Gasteiger partial charge in [0.15, 0.2) is 0 Å². The van der Waals surface area contributed by atoms with E-state index in [0.717, 1.165) is 10.9 Å². The second-order valence-corrected chi connectivity index (χ2v) is 4.94. The Hall–Kier alpha value is -2.63. The minimum Gasteiger partial charge on any atom is -0.481 e. The molecule has 1 N–H and O–H groups in total. The van der Waals surface area contributed by atoms with E-state index in [0.29, 0.717) is 5.52 Å². The maximum Gasteiger partial charge on any atom is 0.355 e. The summed E-state index contributed by atoms with van der Waals surface area (Å²) in [5.74, 6) is -2.09. The highest BCUT2D eigenvalue weighted by molar-refractivity contribution is 6.03. The van der Waals surface area contributed by atoms with E-state index in [4.69, 9.17) is 9.84 Å². The molecule has 1 aromatic heterocycles. The number of esters is 1. The summed E-state index contributed by atoms with van der Waals surface area (Å²) in [4.78, 5) is 35.0. The Morgan fingerprint density at radius 2 is 1.91 bits per heavy atom. The quantitative estimate of drug-likeness (QED) is 0.858. The molecule has 2 aromatic rings. The lowest BCUT2D eigenvalue weighted by molar-refractivity contribution is -0.137. The van der Waals surface area contributed by atoms with Crippen molar-refractivity contribution in [2.75, 3.05) is 6.61 Å². The number of aromatic nitrogens is 1. The van der Waals surface area contributed by atoms with Gasteiger partial charge in [-0.2, -0.15) is 0 Å². The van der Waals surface area contributed by atoms with Gasteiger partial charge in [0, 0.05) is 11.8 Å². The number of carboxylic acid groups (broad SMARTS) is 1. The summed E-state index contributed by atoms with van der Waals surface area (Å²) in [7, 11) is 0. The molecule has 0 unspecified atom stereocenters. The lowest BCUT2D eigenvalue weighted by Gasteiger charge is -2.08. The number of aliphatic carboxylic acids is 1. The van der Waals surface area contributed by atoms with Gasteiger partial charge in [-0.3, -0.25) is 14.2 Å². The number of fused-ring (bicyclic) bond motifs is 1. The average Bonchev–Trinajstić information content (AvgIpc) is 2.83. The molecule has 0 atom stereocenters. The van der Waals surface area contributed by atoms with Crippen LogP contribution in [0, 0.1) is 6.92 Å². The molecule has 0 saturated heterocycles. The SMILES string of the molecule is CCOC(=O)c1cc2cc(C)ccc2n1C(=O)CCC(=O)O. The van der Waals surface area contributed by atoms with E-state index in [2.05, 4.69) is 0 Å². The fourth-order valence-electron chi connectivity index (χ4n) is 2.28. The van der Waals surface area contributed by atoms with Crippen LogP contribution in [0.25, 0.3) is 10.9 Å². The molecule has 6 heteroatoms. The molecule has 0 saturated carbocycles. The molecule has 116 valence electrons. The number of aryl methyl sites for hydroxylation is 1. The molecule has 2 rings (SSSR count). The van der Waals surface area contributed by atoms with E-state index in [9.17, 15) is 14.4 Å². The molecule has 0 radical (unpaired) electrons. The van der Waals surface area contributed by atoms with Crippen molar-refractivity contribution < 1.29 is 24.2 Å². The Bertz CT molecular complexity index is 744. The molecule has 0 aliphatic heterocycles. The van der Waals surface area contributed by atoms with Crippen LogP contribution in [-0.4, -0.2) is 34.1 Å². The third-order valence-corrected chi connectivity index (χ3v) is 3.24. The average molecular weight is 303 g/mol. The molecule has 22 heavy (non-hydrogen) atoms. The van der Waals surface area contributed by atoms with Crippen molar-refractivity contribution in [3.8, 4) is 0 Å². The normalized spacial score (nSPS) is 10.6. The molecule has 1 heterocycles. The van der Waals surface area contributed by atoms with Crippen LogP contribution in [0.3, 0.4) is 0 Å². The van der Waals surface area contributed by atoms with Crippen LogP contribution < -0.4 is 0 Å². The van der Waals surface area contributed by atoms with Gasteiger partial charge < -0.3 is 9.84 Å². The first-order valence-electron chi connectivity index (χ1n) is 6.98. The highest BCUT2D eigenvalue weighted by Crippen LogP contribution is 2.23. The number of rotatable bonds is 5. The van der Waals surface area contributed by atoms with Gasteiger partial charge in [0.25, 0.3) is 0 Å². The first kappa shape index (κ1) is 15.8. The van der Waals surface area contributed by atoms with E-state index in [1.807, 2.05) is 19.1 Å². The van der Waals surface area contributed by atoms with Crippen molar-refractivity contribution in [1.82, 2.24) is 4.57 Å². The number of carbonyl (C=O) groups excluding carboxylic acids is 2. The molecular formula is C16H17NO5. The fraction of sp³-hybridized carbons (Fsp3) is 0.312. The van der Waals surface area contributed by atoms with E-state index in [1.165, 1.54) is 4.57 Å². The highest BCUT2D eigenvalue weighted by Gasteiger charge is 2.21. The first-order valence-corrected chi connectivity index (χ1v) is 6.98. The number of carbonyl (C=O) groups is 3. The maximum absolute atomic E-state index is 12.3. The number of carboxylic acids is 1. The van der Waals surface area contributed by atoms with Crippen molar-refractivity contribution in [3.05, 3.63) is 35.5 Å². The van der Waals surface area contributed by atoms with Gasteiger partial charge in [-0.1, -0.05) is 11.6 Å². The second-order valence-electron chi connectivity index (χ2n) is 4.94. The maximum atomic E-state index is 12.3. The number of hydrogen-bond donors (Lipinski definition) is 1. The van der Waals surface area contributed by atoms with Gasteiger partial charge in [-0.05, 0) is 32.0 Å². The van der Waals surface area contributed by atoms with Crippen LogP contribution in [0.5, 0.6) is 0 Å². The van der Waals surface area contributed by atoms with Gasteiger partial charge >= 0.3 is 11.9 Å². The van der Waals surface area contributed by atoms with Gasteiger partial charge in [0.2, 0.25) is 5.91 Å². The van der Waals surface area contributed by atoms with Gasteiger partial charge in [-0.15, -0.1) is 0 Å². The van der Waals surface area contributed by atoms with Gasteiger partial charge in [-0.25, -0.2) is 4.79 Å². The van der Waals surface area contributed by atoms with Crippen LogP contribution in [0.4, 0.5) is 0 Å². The molecule has 0 fully saturated rings. The Morgan fingerprint density at radius 3 is 2.55 bits per heavy atom. The standard InChI is InChI=1S/C16H17NO5/c1-3-22-16(21)13-9-11-8-10(2)4-5-12(11)17(13)14(18)6-7-15(19)20/h4-5,8-9H,3,6-7H2,1-2H3,(H,19,20). The topological polar surface area (TPSA) is 85.6 Å². The molecule has 0 amide bonds. The zero-order chi connectivity index (χ0) is 16.3. The Kier molecular flexibility index (Phi) is 4.60. The van der Waals surface area contributed by atoms with E-state index < -0.39 is 17.8 Å². The molecular weight excluding hydrogens is 286 g/mol. The number of benzene rings is 1. The zero-order valence-electron chi connectivity index (χ0n) is 12.5. The monoisotopic (exact) mass is 303 g/mol. The summed E-state index contributed by atoms with van der Waals surface area (Å²) < 4.78 is 6.22. The van der Waals surface area contributed by atoms with Crippen molar-refractivity contribution in [1.29, 1.82) is 0 Å². The minimum atomic E-state index is -1.06. The second kappa shape index (κ2) is 6.43. The highest BCUT2D eigenvalue weighted by atomic mass is 16.5. The number of nitrogens with zero attached hydrogens (tertiary/aromatic N) is 1. The predicted molar refractivity (Wildman–Crippen MR) is 80.1 cm³/mol. The summed E-state index contributed by atoms with van der Waals surface area (Å²) in [5.41, 5.74) is 1.69. The first-order chi connectivity index (χ1) is 10.4. The zero-order valence-corrected chi connectivity index (χ0v) is 12.5. The Balaban J connectivity index is 2.52. The smallest absolute Gasteiger partial charge is 0.355 e. The molecule has 6 nitrogen and oxygen atoms in total. The van der Waals surface area contributed by atoms with Crippen molar-refractivity contribution in [2.24, 2.45) is 0 Å². The van der Waals surface area contributed by atoms with Crippen molar-refractivity contribution in [2.45, 2.75) is 26.7 Å². The molecule has 0 spiro atoms. The van der Waals surface area contributed by atoms with E-state index in [1.54, 1.807) is 19.1 Å². The number of hydrogen-bond acceptors (Lipinski definition) is 4. The minimum absolute atomic E-state index is 0.123. The summed E-state index contributed by atoms with van der Waals surface area (Å²) in [6.07, 6.45) is -0.466. The van der Waals surface area contributed by atoms with E-state index >= 15 is 0 Å². The van der Waals surface area contributed by atoms with Gasteiger partial charge in [0.05, 0.1) is 18.5 Å². The lowest BCUT2D eigenvalue weighted by atomic mass is 10.2. The predicted octanol–water partition coefficient (Wildman–Crippen LogP) is 2.63. The Labute approximate surface area is 127 Å². The molecule has 1 aromatic carbocycles. The summed E-state index contributed by atoms with van der Waals surface area (Å²) in [5, 5.41) is 9.46. The summed E-state index contributed by atoms with van der Waals surface area (Å²) >= 11 is 0. The molecule has 0 bridgehead atoms. The number of ether oxygens (including phenoxy) is 1. The molecule has 0 aliphatic carbocycles. The Morgan fingerprint density at radius 1 is 1.18 bits per heavy atom. The third kappa shape index (κ3) is 3.16. The van der Waals surface area contributed by atoms with Gasteiger partial charge in [0.1, 0.15) is 5.69 Å². The molecule has 0 aliphatic rings. The van der Waals surface area contributed by atoms with Crippen LogP contribution in [-0.2, 0) is 9.53 Å².